The summed E-state index contributed by atoms with van der Waals surface area (Å²) >= 11 is 0. The molecule has 2 amide bonds. The van der Waals surface area contributed by atoms with E-state index < -0.39 is 0 Å². The van der Waals surface area contributed by atoms with E-state index in [2.05, 4.69) is 27.0 Å². The molecule has 0 bridgehead atoms. The maximum absolute atomic E-state index is 12.5. The number of rotatable bonds is 6. The lowest BCUT2D eigenvalue weighted by Gasteiger charge is -2.34. The summed E-state index contributed by atoms with van der Waals surface area (Å²) in [6, 6.07) is 11.6. The summed E-state index contributed by atoms with van der Waals surface area (Å²) in [5, 5.41) is 19.0. The van der Waals surface area contributed by atoms with E-state index in [9.17, 15) is 14.9 Å². The molecule has 5 rings (SSSR count). The minimum Gasteiger partial charge on any atom is -0.482 e. The number of benzene rings is 1. The number of anilines is 2. The van der Waals surface area contributed by atoms with Crippen molar-refractivity contribution < 1.29 is 19.1 Å². The van der Waals surface area contributed by atoms with E-state index in [-0.39, 0.29) is 25.0 Å². The van der Waals surface area contributed by atoms with Gasteiger partial charge in [-0.05, 0) is 49.6 Å². The summed E-state index contributed by atoms with van der Waals surface area (Å²) in [6.45, 7) is 2.04. The highest BCUT2D eigenvalue weighted by atomic mass is 16.5. The summed E-state index contributed by atoms with van der Waals surface area (Å²) in [6.07, 6.45) is 2.82. The predicted molar refractivity (Wildman–Crippen MR) is 124 cm³/mol. The molecule has 3 aliphatic rings. The molecule has 2 unspecified atom stereocenters. The molecule has 3 N–H and O–H groups in total. The van der Waals surface area contributed by atoms with Gasteiger partial charge in [-0.1, -0.05) is 0 Å². The molecule has 2 atom stereocenters. The van der Waals surface area contributed by atoms with Crippen molar-refractivity contribution in [2.45, 2.75) is 37.9 Å². The molecular formula is C24H26N6O4. The van der Waals surface area contributed by atoms with Crippen LogP contribution in [0.15, 0.2) is 30.3 Å². The van der Waals surface area contributed by atoms with Crippen LogP contribution in [-0.4, -0.2) is 55.2 Å². The van der Waals surface area contributed by atoms with Crippen molar-refractivity contribution in [2.24, 2.45) is 0 Å². The van der Waals surface area contributed by atoms with Crippen LogP contribution in [0, 0.1) is 11.3 Å². The summed E-state index contributed by atoms with van der Waals surface area (Å²) in [7, 11) is 0. The van der Waals surface area contributed by atoms with Gasteiger partial charge in [-0.3, -0.25) is 9.59 Å². The van der Waals surface area contributed by atoms with Crippen LogP contribution in [0.2, 0.25) is 0 Å². The zero-order valence-electron chi connectivity index (χ0n) is 18.7. The van der Waals surface area contributed by atoms with Crippen molar-refractivity contribution in [1.82, 2.24) is 15.6 Å². The molecule has 1 aromatic heterocycles. The number of hydrogen-bond acceptors (Lipinski definition) is 8. The fourth-order valence-corrected chi connectivity index (χ4v) is 4.49. The molecule has 10 heteroatoms. The molecule has 0 radical (unpaired) electrons. The van der Waals surface area contributed by atoms with Gasteiger partial charge in [0.15, 0.2) is 24.8 Å². The monoisotopic (exact) mass is 462 g/mol. The maximum atomic E-state index is 12.5. The second-order valence-corrected chi connectivity index (χ2v) is 8.66. The number of aromatic nitrogens is 1. The zero-order valence-corrected chi connectivity index (χ0v) is 18.7. The van der Waals surface area contributed by atoms with Gasteiger partial charge < -0.3 is 30.3 Å². The minimum absolute atomic E-state index is 0.0221. The molecule has 0 aliphatic carbocycles. The second kappa shape index (κ2) is 9.67. The number of hydrogen-bond donors (Lipinski definition) is 3. The summed E-state index contributed by atoms with van der Waals surface area (Å²) < 4.78 is 10.9. The molecule has 1 fully saturated rings. The fourth-order valence-electron chi connectivity index (χ4n) is 4.49. The van der Waals surface area contributed by atoms with E-state index in [0.29, 0.717) is 53.7 Å². The Morgan fingerprint density at radius 1 is 1.15 bits per heavy atom. The fraction of sp³-hybridized carbons (Fsp3) is 0.417. The number of pyridine rings is 1. The molecule has 2 aromatic rings. The average molecular weight is 463 g/mol. The Hall–Kier alpha value is -3.68. The highest BCUT2D eigenvalue weighted by Crippen LogP contribution is 2.33. The van der Waals surface area contributed by atoms with E-state index in [1.165, 1.54) is 0 Å². The predicted octanol–water partition coefficient (Wildman–Crippen LogP) is 1.31. The molecular weight excluding hydrogens is 436 g/mol. The Labute approximate surface area is 197 Å². The molecule has 4 heterocycles. The third kappa shape index (κ3) is 4.81. The number of nitriles is 1. The number of ether oxygens (including phenoxy) is 2. The number of carbonyl (C=O) groups is 2. The Balaban J connectivity index is 1.10. The van der Waals surface area contributed by atoms with Crippen molar-refractivity contribution in [3.05, 3.63) is 41.6 Å². The first-order valence-corrected chi connectivity index (χ1v) is 11.5. The zero-order chi connectivity index (χ0) is 23.5. The quantitative estimate of drug-likeness (QED) is 0.586. The van der Waals surface area contributed by atoms with Crippen molar-refractivity contribution in [3.63, 3.8) is 0 Å². The molecule has 34 heavy (non-hydrogen) atoms. The Kier molecular flexibility index (Phi) is 6.29. The second-order valence-electron chi connectivity index (χ2n) is 8.66. The normalized spacial score (nSPS) is 21.4. The third-order valence-electron chi connectivity index (χ3n) is 6.35. The first-order chi connectivity index (χ1) is 16.6. The van der Waals surface area contributed by atoms with Crippen LogP contribution in [0.25, 0.3) is 0 Å². The van der Waals surface area contributed by atoms with Crippen molar-refractivity contribution in [3.8, 4) is 17.6 Å². The van der Waals surface area contributed by atoms with Gasteiger partial charge in [-0.15, -0.1) is 0 Å². The number of carbonyl (C=O) groups excluding carboxylic acids is 2. The van der Waals surface area contributed by atoms with Crippen LogP contribution in [-0.2, 0) is 16.1 Å². The summed E-state index contributed by atoms with van der Waals surface area (Å²) in [5.41, 5.74) is 2.02. The highest BCUT2D eigenvalue weighted by Gasteiger charge is 2.28. The highest BCUT2D eigenvalue weighted by molar-refractivity contribution is 5.98. The topological polar surface area (TPSA) is 129 Å². The van der Waals surface area contributed by atoms with Gasteiger partial charge in [0.1, 0.15) is 5.75 Å². The largest absolute Gasteiger partial charge is 0.482 e. The van der Waals surface area contributed by atoms with Gasteiger partial charge in [0.05, 0.1) is 23.0 Å². The van der Waals surface area contributed by atoms with Gasteiger partial charge in [0.25, 0.3) is 11.8 Å². The minimum atomic E-state index is -0.194. The van der Waals surface area contributed by atoms with E-state index in [4.69, 9.17) is 9.47 Å². The van der Waals surface area contributed by atoms with Crippen LogP contribution in [0.1, 0.15) is 30.5 Å². The van der Waals surface area contributed by atoms with E-state index >= 15 is 0 Å². The maximum Gasteiger partial charge on any atom is 0.265 e. The van der Waals surface area contributed by atoms with Gasteiger partial charge in [0.2, 0.25) is 0 Å². The third-order valence-corrected chi connectivity index (χ3v) is 6.35. The Bertz CT molecular complexity index is 1140. The van der Waals surface area contributed by atoms with E-state index in [0.717, 1.165) is 31.5 Å². The van der Waals surface area contributed by atoms with Gasteiger partial charge in [-0.25, -0.2) is 4.98 Å². The molecule has 176 valence electrons. The van der Waals surface area contributed by atoms with Gasteiger partial charge in [0, 0.05) is 31.7 Å². The molecule has 0 saturated carbocycles. The van der Waals surface area contributed by atoms with Crippen LogP contribution in [0.4, 0.5) is 11.5 Å². The standard InChI is InChI=1S/C24H26N6O4/c25-10-15-1-5-20-19(9-15)30(23(32)14-34-20)8-7-16-2-3-17(11-26-16)27-12-18-4-6-21-24(28-18)29-22(31)13-33-21/h1,4-6,9,16-17,26-27H,2-3,7-8,11-14H2,(H,28,29,31). The molecule has 1 aromatic carbocycles. The van der Waals surface area contributed by atoms with E-state index in [1.807, 2.05) is 12.1 Å². The Morgan fingerprint density at radius 3 is 2.82 bits per heavy atom. The van der Waals surface area contributed by atoms with Gasteiger partial charge >= 0.3 is 0 Å². The molecule has 3 aliphatic heterocycles. The van der Waals surface area contributed by atoms with Crippen LogP contribution in [0.5, 0.6) is 11.5 Å². The lowest BCUT2D eigenvalue weighted by Crippen LogP contribution is -2.49. The summed E-state index contributed by atoms with van der Waals surface area (Å²) in [5.74, 6) is 1.42. The number of piperidine rings is 1. The number of nitrogens with one attached hydrogen (secondary N) is 3. The smallest absolute Gasteiger partial charge is 0.265 e. The average Bonchev–Trinajstić information content (AvgIpc) is 2.87. The first kappa shape index (κ1) is 22.1. The van der Waals surface area contributed by atoms with Crippen LogP contribution >= 0.6 is 0 Å². The van der Waals surface area contributed by atoms with Crippen molar-refractivity contribution in [1.29, 1.82) is 5.26 Å². The lowest BCUT2D eigenvalue weighted by molar-refractivity contribution is -0.121. The van der Waals surface area contributed by atoms with Crippen molar-refractivity contribution >= 4 is 23.3 Å². The lowest BCUT2D eigenvalue weighted by atomic mass is 9.98. The SMILES string of the molecule is N#Cc1ccc2c(c1)N(CCC1CCC(NCc3ccc4c(n3)NC(=O)CO4)CN1)C(=O)CO2. The van der Waals surface area contributed by atoms with E-state index in [1.54, 1.807) is 23.1 Å². The Morgan fingerprint density at radius 2 is 2.00 bits per heavy atom. The molecule has 10 nitrogen and oxygen atoms in total. The molecule has 0 spiro atoms. The van der Waals surface area contributed by atoms with Gasteiger partial charge in [-0.2, -0.15) is 5.26 Å². The number of fused-ring (bicyclic) bond motifs is 2. The summed E-state index contributed by atoms with van der Waals surface area (Å²) in [4.78, 5) is 30.2. The van der Waals surface area contributed by atoms with Crippen LogP contribution in [0.3, 0.4) is 0 Å². The van der Waals surface area contributed by atoms with Crippen molar-refractivity contribution in [2.75, 3.05) is 36.5 Å². The number of amides is 2. The molecule has 1 saturated heterocycles. The number of nitrogens with zero attached hydrogens (tertiary/aromatic N) is 3. The van der Waals surface area contributed by atoms with Crippen LogP contribution < -0.4 is 30.3 Å². The first-order valence-electron chi connectivity index (χ1n) is 11.5.